The fourth-order valence-corrected chi connectivity index (χ4v) is 2.93. The summed E-state index contributed by atoms with van der Waals surface area (Å²) in [6.45, 7) is 2.47. The van der Waals surface area contributed by atoms with Gasteiger partial charge >= 0.3 is 5.97 Å². The Labute approximate surface area is 139 Å². The highest BCUT2D eigenvalue weighted by Crippen LogP contribution is 2.27. The van der Waals surface area contributed by atoms with Crippen molar-refractivity contribution < 1.29 is 19.1 Å². The number of carbonyl (C=O) groups is 2. The number of carbonyl (C=O) groups excluding carboxylic acids is 1. The number of hydrogen-bond donors (Lipinski definition) is 1. The summed E-state index contributed by atoms with van der Waals surface area (Å²) in [5.41, 5.74) is 0.779. The van der Waals surface area contributed by atoms with Crippen LogP contribution in [0.1, 0.15) is 25.7 Å². The molecule has 1 N–H and O–H groups in total. The lowest BCUT2D eigenvalue weighted by Crippen LogP contribution is -2.48. The van der Waals surface area contributed by atoms with Crippen molar-refractivity contribution in [1.82, 2.24) is 4.90 Å². The lowest BCUT2D eigenvalue weighted by Gasteiger charge is -2.36. The molecule has 1 aliphatic rings. The van der Waals surface area contributed by atoms with Gasteiger partial charge in [-0.05, 0) is 31.0 Å². The Morgan fingerprint density at radius 1 is 1.13 bits per heavy atom. The number of piperazine rings is 1. The molecule has 0 radical (unpaired) electrons. The molecule has 1 heterocycles. The maximum Gasteiger partial charge on any atom is 0.303 e. The summed E-state index contributed by atoms with van der Waals surface area (Å²) in [5.74, 6) is -1.14. The highest BCUT2D eigenvalue weighted by atomic mass is 35.5. The van der Waals surface area contributed by atoms with Gasteiger partial charge < -0.3 is 14.9 Å². The lowest BCUT2D eigenvalue weighted by molar-refractivity contribution is -0.137. The van der Waals surface area contributed by atoms with Crippen LogP contribution in [0.5, 0.6) is 0 Å². The van der Waals surface area contributed by atoms with Crippen LogP contribution in [0.3, 0.4) is 0 Å². The summed E-state index contributed by atoms with van der Waals surface area (Å²) >= 11 is 6.06. The van der Waals surface area contributed by atoms with Crippen LogP contribution < -0.4 is 4.90 Å². The van der Waals surface area contributed by atoms with E-state index in [-0.39, 0.29) is 18.1 Å². The van der Waals surface area contributed by atoms with Crippen LogP contribution in [0.2, 0.25) is 5.02 Å². The minimum Gasteiger partial charge on any atom is -0.481 e. The number of halogens is 2. The van der Waals surface area contributed by atoms with Gasteiger partial charge in [0.1, 0.15) is 5.82 Å². The van der Waals surface area contributed by atoms with E-state index < -0.39 is 5.97 Å². The number of carboxylic acid groups (broad SMARTS) is 1. The maximum atomic E-state index is 13.1. The number of benzene rings is 1. The molecule has 1 saturated heterocycles. The first-order chi connectivity index (χ1) is 11.0. The second-order valence-corrected chi connectivity index (χ2v) is 5.97. The fourth-order valence-electron chi connectivity index (χ4n) is 2.65. The quantitative estimate of drug-likeness (QED) is 0.807. The number of hydrogen-bond acceptors (Lipinski definition) is 3. The van der Waals surface area contributed by atoms with Gasteiger partial charge in [0.15, 0.2) is 0 Å². The van der Waals surface area contributed by atoms with Crippen molar-refractivity contribution in [3.8, 4) is 0 Å². The van der Waals surface area contributed by atoms with Crippen LogP contribution in [-0.2, 0) is 9.59 Å². The molecule has 2 rings (SSSR count). The second-order valence-electron chi connectivity index (χ2n) is 5.56. The van der Waals surface area contributed by atoms with Crippen molar-refractivity contribution in [2.24, 2.45) is 0 Å². The molecule has 0 spiro atoms. The third kappa shape index (κ3) is 5.10. The van der Waals surface area contributed by atoms with Crippen LogP contribution in [0.25, 0.3) is 0 Å². The number of unbranched alkanes of at least 4 members (excludes halogenated alkanes) is 1. The summed E-state index contributed by atoms with van der Waals surface area (Å²) < 4.78 is 13.1. The lowest BCUT2D eigenvalue weighted by atomic mass is 10.1. The third-order valence-corrected chi connectivity index (χ3v) is 4.22. The van der Waals surface area contributed by atoms with Gasteiger partial charge in [0.2, 0.25) is 5.91 Å². The molecule has 0 bridgehead atoms. The standard InChI is InChI=1S/C16H20ClFN2O3/c17-13-11-12(18)5-6-14(13)19-7-9-20(10-8-19)15(21)3-1-2-4-16(22)23/h5-6,11H,1-4,7-10H2,(H,22,23). The number of nitrogens with zero attached hydrogens (tertiary/aromatic N) is 2. The van der Waals surface area contributed by atoms with Crippen LogP contribution in [0, 0.1) is 5.82 Å². The molecule has 0 unspecified atom stereocenters. The number of anilines is 1. The molecule has 1 aliphatic heterocycles. The van der Waals surface area contributed by atoms with Gasteiger partial charge in [0.25, 0.3) is 0 Å². The Hall–Kier alpha value is -1.82. The monoisotopic (exact) mass is 342 g/mol. The summed E-state index contributed by atoms with van der Waals surface area (Å²) in [4.78, 5) is 26.3. The normalized spacial score (nSPS) is 14.9. The molecule has 5 nitrogen and oxygen atoms in total. The molecule has 0 aliphatic carbocycles. The minimum absolute atomic E-state index is 0.0558. The number of rotatable bonds is 6. The van der Waals surface area contributed by atoms with Crippen LogP contribution >= 0.6 is 11.6 Å². The molecule has 1 fully saturated rings. The first-order valence-corrected chi connectivity index (χ1v) is 8.05. The average Bonchev–Trinajstić information content (AvgIpc) is 2.51. The Kier molecular flexibility index (Phi) is 6.21. The molecule has 0 aromatic heterocycles. The average molecular weight is 343 g/mol. The zero-order chi connectivity index (χ0) is 16.8. The van der Waals surface area contributed by atoms with Gasteiger partial charge in [-0.3, -0.25) is 9.59 Å². The molecule has 7 heteroatoms. The van der Waals surface area contributed by atoms with Gasteiger partial charge in [0, 0.05) is 39.0 Å². The summed E-state index contributed by atoms with van der Waals surface area (Å²) in [7, 11) is 0. The highest BCUT2D eigenvalue weighted by Gasteiger charge is 2.22. The Bertz CT molecular complexity index is 574. The summed E-state index contributed by atoms with van der Waals surface area (Å²) in [5, 5.41) is 8.94. The maximum absolute atomic E-state index is 13.1. The topological polar surface area (TPSA) is 60.9 Å². The van der Waals surface area contributed by atoms with E-state index in [2.05, 4.69) is 0 Å². The van der Waals surface area contributed by atoms with Gasteiger partial charge in [0.05, 0.1) is 10.7 Å². The summed E-state index contributed by atoms with van der Waals surface area (Å²) in [6, 6.07) is 4.32. The Morgan fingerprint density at radius 2 is 1.78 bits per heavy atom. The van der Waals surface area contributed by atoms with E-state index in [0.717, 1.165) is 5.69 Å². The summed E-state index contributed by atoms with van der Waals surface area (Å²) in [6.07, 6.45) is 1.59. The van der Waals surface area contributed by atoms with Gasteiger partial charge in [-0.25, -0.2) is 4.39 Å². The van der Waals surface area contributed by atoms with E-state index >= 15 is 0 Å². The minimum atomic E-state index is -0.831. The van der Waals surface area contributed by atoms with Crippen molar-refractivity contribution in [3.63, 3.8) is 0 Å². The van der Waals surface area contributed by atoms with Crippen molar-refractivity contribution in [2.45, 2.75) is 25.7 Å². The highest BCUT2D eigenvalue weighted by molar-refractivity contribution is 6.33. The zero-order valence-electron chi connectivity index (χ0n) is 12.8. The molecule has 0 saturated carbocycles. The smallest absolute Gasteiger partial charge is 0.303 e. The van der Waals surface area contributed by atoms with Crippen molar-refractivity contribution in [3.05, 3.63) is 29.0 Å². The largest absolute Gasteiger partial charge is 0.481 e. The van der Waals surface area contributed by atoms with Gasteiger partial charge in [-0.1, -0.05) is 11.6 Å². The first-order valence-electron chi connectivity index (χ1n) is 7.67. The second kappa shape index (κ2) is 8.15. The Balaban J connectivity index is 1.79. The SMILES string of the molecule is O=C(O)CCCCC(=O)N1CCN(c2ccc(F)cc2Cl)CC1. The number of carboxylic acids is 1. The zero-order valence-corrected chi connectivity index (χ0v) is 13.6. The van der Waals surface area contributed by atoms with E-state index in [4.69, 9.17) is 16.7 Å². The first kappa shape index (κ1) is 17.5. The van der Waals surface area contributed by atoms with E-state index in [1.54, 1.807) is 11.0 Å². The van der Waals surface area contributed by atoms with Crippen molar-refractivity contribution in [1.29, 1.82) is 0 Å². The van der Waals surface area contributed by atoms with E-state index in [1.165, 1.54) is 12.1 Å². The predicted octanol–water partition coefficient (Wildman–Crippen LogP) is 2.77. The molecule has 23 heavy (non-hydrogen) atoms. The van der Waals surface area contributed by atoms with E-state index in [0.29, 0.717) is 50.5 Å². The number of amides is 1. The van der Waals surface area contributed by atoms with Gasteiger partial charge in [-0.15, -0.1) is 0 Å². The van der Waals surface area contributed by atoms with E-state index in [9.17, 15) is 14.0 Å². The van der Waals surface area contributed by atoms with Crippen LogP contribution in [0.4, 0.5) is 10.1 Å². The molecular formula is C16H20ClFN2O3. The van der Waals surface area contributed by atoms with Crippen LogP contribution in [0.15, 0.2) is 18.2 Å². The Morgan fingerprint density at radius 3 is 2.39 bits per heavy atom. The molecule has 1 aromatic carbocycles. The number of aliphatic carboxylic acids is 1. The predicted molar refractivity (Wildman–Crippen MR) is 86.3 cm³/mol. The molecule has 1 aromatic rings. The van der Waals surface area contributed by atoms with Crippen LogP contribution in [-0.4, -0.2) is 48.1 Å². The fraction of sp³-hybridized carbons (Fsp3) is 0.500. The molecule has 0 atom stereocenters. The van der Waals surface area contributed by atoms with Crippen molar-refractivity contribution >= 4 is 29.2 Å². The molecule has 126 valence electrons. The third-order valence-electron chi connectivity index (χ3n) is 3.91. The van der Waals surface area contributed by atoms with Gasteiger partial charge in [-0.2, -0.15) is 0 Å². The molecule has 1 amide bonds. The van der Waals surface area contributed by atoms with Crippen molar-refractivity contribution in [2.75, 3.05) is 31.1 Å². The van der Waals surface area contributed by atoms with E-state index in [1.807, 2.05) is 4.90 Å². The molecular weight excluding hydrogens is 323 g/mol.